The summed E-state index contributed by atoms with van der Waals surface area (Å²) >= 11 is 0. The second-order valence-corrected chi connectivity index (χ2v) is 16.3. The van der Waals surface area contributed by atoms with Crippen LogP contribution in [0.15, 0.2) is 194 Å². The van der Waals surface area contributed by atoms with Crippen LogP contribution in [0.1, 0.15) is 0 Å². The standard InChI is InChI=1S/C58H32/c1-3-13-35-27-39(25-23-33(35)11-1)53-50-31-47-45-21-9-19-43-41-17-7-5-15-37(41)29-49(55(43)45)48(47)32-51(50)54(40-26-24-34-12-2-4-14-36(34)28-40)58-52-30-38-16-6-8-18-42(38)44-20-10-22-46(56(44)52)57(53)58/h1-32H. The maximum Gasteiger partial charge on any atom is -0.000719 e. The van der Waals surface area contributed by atoms with E-state index in [2.05, 4.69) is 194 Å². The molecule has 0 aromatic heterocycles. The summed E-state index contributed by atoms with van der Waals surface area (Å²) in [6.45, 7) is 0. The van der Waals surface area contributed by atoms with Gasteiger partial charge in [0.25, 0.3) is 0 Å². The highest BCUT2D eigenvalue weighted by atomic mass is 14.3. The van der Waals surface area contributed by atoms with Crippen molar-refractivity contribution in [1.29, 1.82) is 0 Å². The van der Waals surface area contributed by atoms with Crippen LogP contribution < -0.4 is 0 Å². The van der Waals surface area contributed by atoms with Crippen LogP contribution in [0, 0.1) is 0 Å². The fraction of sp³-hybridized carbons (Fsp3) is 0. The van der Waals surface area contributed by atoms with Gasteiger partial charge in [0.1, 0.15) is 0 Å². The summed E-state index contributed by atoms with van der Waals surface area (Å²) < 4.78 is 0. The zero-order valence-corrected chi connectivity index (χ0v) is 31.5. The van der Waals surface area contributed by atoms with Crippen LogP contribution in [0.25, 0.3) is 141 Å². The summed E-state index contributed by atoms with van der Waals surface area (Å²) in [7, 11) is 0. The molecule has 0 N–H and O–H groups in total. The molecule has 14 rings (SSSR count). The Morgan fingerprint density at radius 3 is 1.14 bits per heavy atom. The predicted molar refractivity (Wildman–Crippen MR) is 252 cm³/mol. The van der Waals surface area contributed by atoms with Crippen molar-refractivity contribution in [1.82, 2.24) is 0 Å². The van der Waals surface area contributed by atoms with Crippen LogP contribution in [-0.4, -0.2) is 0 Å². The average molecular weight is 729 g/mol. The highest BCUT2D eigenvalue weighted by Gasteiger charge is 2.26. The highest BCUT2D eigenvalue weighted by Crippen LogP contribution is 2.54. The zero-order chi connectivity index (χ0) is 37.6. The van der Waals surface area contributed by atoms with E-state index in [0.717, 1.165) is 0 Å². The molecule has 264 valence electrons. The molecule has 0 aliphatic heterocycles. The Kier molecular flexibility index (Phi) is 5.85. The summed E-state index contributed by atoms with van der Waals surface area (Å²) in [5.74, 6) is 0. The lowest BCUT2D eigenvalue weighted by Gasteiger charge is -2.18. The Hall–Kier alpha value is -7.54. The zero-order valence-electron chi connectivity index (χ0n) is 31.5. The monoisotopic (exact) mass is 728 g/mol. The molecule has 0 radical (unpaired) electrons. The van der Waals surface area contributed by atoms with Crippen LogP contribution in [0.3, 0.4) is 0 Å². The summed E-state index contributed by atoms with van der Waals surface area (Å²) in [6, 6.07) is 73.5. The van der Waals surface area contributed by atoms with Gasteiger partial charge >= 0.3 is 0 Å². The van der Waals surface area contributed by atoms with E-state index >= 15 is 0 Å². The van der Waals surface area contributed by atoms with Crippen LogP contribution in [0.4, 0.5) is 0 Å². The molecular weight excluding hydrogens is 697 g/mol. The Morgan fingerprint density at radius 2 is 0.569 bits per heavy atom. The number of fused-ring (bicyclic) bond motifs is 13. The quantitative estimate of drug-likeness (QED) is 0.156. The minimum absolute atomic E-state index is 1.25. The summed E-state index contributed by atoms with van der Waals surface area (Å²) in [4.78, 5) is 0. The molecule has 0 spiro atoms. The minimum Gasteiger partial charge on any atom is -0.0616 e. The molecule has 14 aromatic carbocycles. The van der Waals surface area contributed by atoms with Crippen molar-refractivity contribution in [2.45, 2.75) is 0 Å². The lowest BCUT2D eigenvalue weighted by atomic mass is 9.84. The van der Waals surface area contributed by atoms with Gasteiger partial charge in [0.15, 0.2) is 0 Å². The first-order valence-electron chi connectivity index (χ1n) is 20.3. The second-order valence-electron chi connectivity index (χ2n) is 16.3. The van der Waals surface area contributed by atoms with E-state index in [9.17, 15) is 0 Å². The molecule has 14 aromatic rings. The van der Waals surface area contributed by atoms with E-state index in [4.69, 9.17) is 0 Å². The molecule has 58 heavy (non-hydrogen) atoms. The molecule has 0 atom stereocenters. The smallest absolute Gasteiger partial charge is 0.000719 e. The van der Waals surface area contributed by atoms with Crippen LogP contribution >= 0.6 is 0 Å². The predicted octanol–water partition coefficient (Wildman–Crippen LogP) is 16.6. The summed E-state index contributed by atoms with van der Waals surface area (Å²) in [5.41, 5.74) is 5.12. The number of benzene rings is 12. The maximum atomic E-state index is 2.56. The SMILES string of the molecule is c1ccc2cc(-c3c4cc5c(cc4c(-c4ccc6ccccc6c4)c4c6cc7ccccc7c7cccc(c34)c76)c3cc4ccccc4c4cccc5c43)ccc2c1. The van der Waals surface area contributed by atoms with E-state index in [1.54, 1.807) is 0 Å². The van der Waals surface area contributed by atoms with Crippen molar-refractivity contribution in [3.63, 3.8) is 0 Å². The fourth-order valence-corrected chi connectivity index (χ4v) is 11.0. The van der Waals surface area contributed by atoms with Gasteiger partial charge in [-0.05, 0) is 177 Å². The molecule has 0 aliphatic rings. The van der Waals surface area contributed by atoms with Gasteiger partial charge in [0, 0.05) is 0 Å². The van der Waals surface area contributed by atoms with E-state index < -0.39 is 0 Å². The van der Waals surface area contributed by atoms with Crippen molar-refractivity contribution in [3.05, 3.63) is 194 Å². The molecule has 0 unspecified atom stereocenters. The number of rotatable bonds is 2. The van der Waals surface area contributed by atoms with E-state index in [0.29, 0.717) is 0 Å². The van der Waals surface area contributed by atoms with Gasteiger partial charge in [-0.15, -0.1) is 0 Å². The van der Waals surface area contributed by atoms with Crippen molar-refractivity contribution in [2.75, 3.05) is 0 Å². The third kappa shape index (κ3) is 3.94. The van der Waals surface area contributed by atoms with Crippen LogP contribution in [-0.2, 0) is 0 Å². The van der Waals surface area contributed by atoms with Gasteiger partial charge < -0.3 is 0 Å². The average Bonchev–Trinajstić information content (AvgIpc) is 3.77. The largest absolute Gasteiger partial charge is 0.0616 e. The Balaban J connectivity index is 1.29. The van der Waals surface area contributed by atoms with E-state index in [1.165, 1.54) is 141 Å². The molecule has 0 heterocycles. The van der Waals surface area contributed by atoms with Gasteiger partial charge in [0.05, 0.1) is 0 Å². The molecule has 0 bridgehead atoms. The molecule has 0 amide bonds. The van der Waals surface area contributed by atoms with Gasteiger partial charge in [0.2, 0.25) is 0 Å². The van der Waals surface area contributed by atoms with Gasteiger partial charge in [-0.25, -0.2) is 0 Å². The first kappa shape index (κ1) is 30.7. The highest BCUT2D eigenvalue weighted by molar-refractivity contribution is 6.44. The molecule has 0 heteroatoms. The van der Waals surface area contributed by atoms with Gasteiger partial charge in [-0.3, -0.25) is 0 Å². The minimum atomic E-state index is 1.25. The normalized spacial score (nSPS) is 12.5. The van der Waals surface area contributed by atoms with Gasteiger partial charge in [-0.1, -0.05) is 158 Å². The Bertz CT molecular complexity index is 4070. The van der Waals surface area contributed by atoms with Crippen LogP contribution in [0.5, 0.6) is 0 Å². The molecule has 0 saturated heterocycles. The fourth-order valence-electron chi connectivity index (χ4n) is 11.0. The lowest BCUT2D eigenvalue weighted by molar-refractivity contribution is 1.71. The van der Waals surface area contributed by atoms with Crippen molar-refractivity contribution in [3.8, 4) is 22.3 Å². The third-order valence-electron chi connectivity index (χ3n) is 13.4. The molecule has 0 saturated carbocycles. The van der Waals surface area contributed by atoms with Crippen LogP contribution in [0.2, 0.25) is 0 Å². The van der Waals surface area contributed by atoms with Gasteiger partial charge in [-0.2, -0.15) is 0 Å². The lowest BCUT2D eigenvalue weighted by Crippen LogP contribution is -1.90. The number of hydrogen-bond acceptors (Lipinski definition) is 0. The Labute approximate surface area is 333 Å². The molecule has 0 nitrogen and oxygen atoms in total. The maximum absolute atomic E-state index is 2.56. The first-order valence-corrected chi connectivity index (χ1v) is 20.3. The van der Waals surface area contributed by atoms with E-state index in [1.807, 2.05) is 0 Å². The second kappa shape index (κ2) is 11.1. The summed E-state index contributed by atoms with van der Waals surface area (Å²) in [6.07, 6.45) is 0. The topological polar surface area (TPSA) is 0 Å². The molecule has 0 fully saturated rings. The molecular formula is C58H32. The van der Waals surface area contributed by atoms with Crippen molar-refractivity contribution in [2.24, 2.45) is 0 Å². The summed E-state index contributed by atoms with van der Waals surface area (Å²) in [5, 5.41) is 28.7. The third-order valence-corrected chi connectivity index (χ3v) is 13.4. The number of hydrogen-bond donors (Lipinski definition) is 0. The van der Waals surface area contributed by atoms with Crippen molar-refractivity contribution < 1.29 is 0 Å². The van der Waals surface area contributed by atoms with Crippen molar-refractivity contribution >= 4 is 118 Å². The van der Waals surface area contributed by atoms with E-state index in [-0.39, 0.29) is 0 Å². The Morgan fingerprint density at radius 1 is 0.172 bits per heavy atom. The first-order chi connectivity index (χ1) is 28.8. The molecule has 0 aliphatic carbocycles.